The number of aliphatic hydroxyl groups excluding tert-OH is 1. The molecule has 0 saturated carbocycles. The second-order valence-electron chi connectivity index (χ2n) is 11.0. The van der Waals surface area contributed by atoms with Crippen LogP contribution in [-0.4, -0.2) is 34.3 Å². The minimum atomic E-state index is -0.592. The van der Waals surface area contributed by atoms with Gasteiger partial charge in [0.15, 0.2) is 11.5 Å². The third-order valence-electron chi connectivity index (χ3n) is 7.58. The summed E-state index contributed by atoms with van der Waals surface area (Å²) in [5.41, 5.74) is 3.14. The first kappa shape index (κ1) is 30.9. The maximum absolute atomic E-state index is 12.6. The predicted molar refractivity (Wildman–Crippen MR) is 166 cm³/mol. The number of aliphatic hydroxyl groups is 1. The van der Waals surface area contributed by atoms with Crippen LogP contribution in [0.3, 0.4) is 0 Å². The molecule has 0 fully saturated rings. The monoisotopic (exact) mass is 570 g/mol. The molecule has 6 heteroatoms. The van der Waals surface area contributed by atoms with Gasteiger partial charge in [0.25, 0.3) is 0 Å². The van der Waals surface area contributed by atoms with Crippen molar-refractivity contribution in [3.8, 4) is 23.0 Å². The summed E-state index contributed by atoms with van der Waals surface area (Å²) < 4.78 is 11.6. The molecule has 6 nitrogen and oxygen atoms in total. The number of phenolic OH excluding ortho intramolecular Hbond substituents is 2. The predicted octanol–water partition coefficient (Wildman–Crippen LogP) is 7.67. The summed E-state index contributed by atoms with van der Waals surface area (Å²) in [6, 6.07) is 24.4. The highest BCUT2D eigenvalue weighted by atomic mass is 16.5. The number of carbonyl (C=O) groups is 1. The van der Waals surface area contributed by atoms with E-state index in [0.29, 0.717) is 43.1 Å². The summed E-state index contributed by atoms with van der Waals surface area (Å²) in [5, 5.41) is 31.6. The molecule has 0 saturated heterocycles. The van der Waals surface area contributed by atoms with Crippen LogP contribution in [0.4, 0.5) is 0 Å². The molecular formula is C36H42O6. The van der Waals surface area contributed by atoms with Gasteiger partial charge in [-0.05, 0) is 95.6 Å². The third-order valence-corrected chi connectivity index (χ3v) is 7.58. The number of benzene rings is 4. The molecule has 222 valence electrons. The average Bonchev–Trinajstić information content (AvgIpc) is 2.98. The van der Waals surface area contributed by atoms with E-state index in [1.807, 2.05) is 60.7 Å². The fourth-order valence-corrected chi connectivity index (χ4v) is 5.22. The quantitative estimate of drug-likeness (QED) is 0.113. The molecule has 0 aliphatic rings. The number of hydrogen-bond acceptors (Lipinski definition) is 6. The van der Waals surface area contributed by atoms with Crippen LogP contribution in [0.25, 0.3) is 10.8 Å². The number of ketones is 1. The van der Waals surface area contributed by atoms with E-state index in [4.69, 9.17) is 9.47 Å². The largest absolute Gasteiger partial charge is 0.508 e. The van der Waals surface area contributed by atoms with Crippen LogP contribution < -0.4 is 9.47 Å². The third kappa shape index (κ3) is 9.81. The van der Waals surface area contributed by atoms with Crippen molar-refractivity contribution in [1.82, 2.24) is 0 Å². The van der Waals surface area contributed by atoms with Gasteiger partial charge in [-0.2, -0.15) is 0 Å². The minimum absolute atomic E-state index is 0.0640. The molecule has 1 atom stereocenters. The van der Waals surface area contributed by atoms with Gasteiger partial charge in [-0.3, -0.25) is 4.79 Å². The van der Waals surface area contributed by atoms with Gasteiger partial charge in [-0.1, -0.05) is 62.1 Å². The Morgan fingerprint density at radius 1 is 0.714 bits per heavy atom. The van der Waals surface area contributed by atoms with E-state index in [2.05, 4.69) is 0 Å². The van der Waals surface area contributed by atoms with Crippen LogP contribution in [-0.2, 0) is 24.2 Å². The van der Waals surface area contributed by atoms with Crippen molar-refractivity contribution in [3.05, 3.63) is 95.6 Å². The zero-order valence-electron chi connectivity index (χ0n) is 24.4. The van der Waals surface area contributed by atoms with Crippen LogP contribution in [0, 0.1) is 0 Å². The number of methoxy groups -OCH3 is 1. The molecule has 0 aliphatic heterocycles. The SMILES string of the molecule is COc1ccc(CCC(=O)C[C@@H](O)CCCCCCCc2cccc(O)c2)cc1OCc1ccc2cc(O)ccc2c1. The van der Waals surface area contributed by atoms with Gasteiger partial charge >= 0.3 is 0 Å². The molecule has 3 N–H and O–H groups in total. The number of carbonyl (C=O) groups excluding carboxylic acids is 1. The Hall–Kier alpha value is -4.03. The molecule has 0 unspecified atom stereocenters. The van der Waals surface area contributed by atoms with Crippen LogP contribution >= 0.6 is 0 Å². The lowest BCUT2D eigenvalue weighted by Gasteiger charge is -2.13. The topological polar surface area (TPSA) is 96.2 Å². The number of hydrogen-bond donors (Lipinski definition) is 3. The Bertz CT molecular complexity index is 1450. The molecular weight excluding hydrogens is 528 g/mol. The van der Waals surface area contributed by atoms with Gasteiger partial charge in [0.05, 0.1) is 13.2 Å². The highest BCUT2D eigenvalue weighted by Gasteiger charge is 2.13. The maximum Gasteiger partial charge on any atom is 0.161 e. The Morgan fingerprint density at radius 2 is 1.43 bits per heavy atom. The number of fused-ring (bicyclic) bond motifs is 1. The molecule has 42 heavy (non-hydrogen) atoms. The molecule has 4 aromatic rings. The summed E-state index contributed by atoms with van der Waals surface area (Å²) in [5.74, 6) is 1.87. The molecule has 0 amide bonds. The molecule has 0 bridgehead atoms. The number of aromatic hydroxyl groups is 2. The molecule has 0 aliphatic carbocycles. The van der Waals surface area contributed by atoms with Crippen molar-refractivity contribution < 1.29 is 29.6 Å². The lowest BCUT2D eigenvalue weighted by atomic mass is 10.00. The first-order chi connectivity index (χ1) is 20.4. The Labute approximate surface area is 248 Å². The first-order valence-electron chi connectivity index (χ1n) is 14.9. The van der Waals surface area contributed by atoms with Gasteiger partial charge in [0.1, 0.15) is 23.9 Å². The number of phenols is 2. The number of unbranched alkanes of at least 4 members (excludes halogenated alkanes) is 4. The number of aryl methyl sites for hydroxylation is 2. The van der Waals surface area contributed by atoms with Crippen molar-refractivity contribution in [1.29, 1.82) is 0 Å². The fraction of sp³-hybridized carbons (Fsp3) is 0.361. The van der Waals surface area contributed by atoms with Gasteiger partial charge < -0.3 is 24.8 Å². The van der Waals surface area contributed by atoms with Crippen molar-refractivity contribution in [2.45, 2.75) is 76.9 Å². The summed E-state index contributed by atoms with van der Waals surface area (Å²) in [4.78, 5) is 12.6. The summed E-state index contributed by atoms with van der Waals surface area (Å²) >= 11 is 0. The van der Waals surface area contributed by atoms with Crippen molar-refractivity contribution in [2.75, 3.05) is 7.11 Å². The fourth-order valence-electron chi connectivity index (χ4n) is 5.22. The average molecular weight is 571 g/mol. The molecule has 4 rings (SSSR count). The molecule has 0 radical (unpaired) electrons. The highest BCUT2D eigenvalue weighted by Crippen LogP contribution is 2.30. The number of Topliss-reactive ketones (excluding diaryl/α,β-unsaturated/α-hetero) is 1. The Morgan fingerprint density at radius 3 is 2.26 bits per heavy atom. The van der Waals surface area contributed by atoms with E-state index in [9.17, 15) is 20.1 Å². The number of rotatable bonds is 17. The van der Waals surface area contributed by atoms with E-state index >= 15 is 0 Å². The lowest BCUT2D eigenvalue weighted by Crippen LogP contribution is -2.14. The Kier molecular flexibility index (Phi) is 11.7. The van der Waals surface area contributed by atoms with E-state index in [1.54, 1.807) is 25.3 Å². The zero-order valence-corrected chi connectivity index (χ0v) is 24.4. The lowest BCUT2D eigenvalue weighted by molar-refractivity contribution is -0.121. The number of ether oxygens (including phenoxy) is 2. The van der Waals surface area contributed by atoms with Gasteiger partial charge in [0.2, 0.25) is 0 Å². The van der Waals surface area contributed by atoms with Gasteiger partial charge in [-0.15, -0.1) is 0 Å². The first-order valence-corrected chi connectivity index (χ1v) is 14.9. The summed E-state index contributed by atoms with van der Waals surface area (Å²) in [6.07, 6.45) is 7.42. The second kappa shape index (κ2) is 15.8. The van der Waals surface area contributed by atoms with Crippen molar-refractivity contribution >= 4 is 16.6 Å². The van der Waals surface area contributed by atoms with Crippen LogP contribution in [0.2, 0.25) is 0 Å². The maximum atomic E-state index is 12.6. The molecule has 4 aromatic carbocycles. The Balaban J connectivity index is 1.15. The molecule has 0 heterocycles. The van der Waals surface area contributed by atoms with Gasteiger partial charge in [0, 0.05) is 12.8 Å². The van der Waals surface area contributed by atoms with Crippen molar-refractivity contribution in [2.24, 2.45) is 0 Å². The van der Waals surface area contributed by atoms with E-state index in [1.165, 1.54) is 0 Å². The van der Waals surface area contributed by atoms with E-state index in [-0.39, 0.29) is 18.0 Å². The highest BCUT2D eigenvalue weighted by molar-refractivity contribution is 5.84. The van der Waals surface area contributed by atoms with Crippen LogP contribution in [0.15, 0.2) is 78.9 Å². The standard InChI is InChI=1S/C36H42O6/c1-41-35-19-14-27(22-36(35)42-25-28-12-15-30-23-33(39)18-16-29(30)20-28)13-17-34(40)24-32(38)10-6-4-2-3-5-8-26-9-7-11-31(37)21-26/h7,9,11-12,14-16,18-23,32,37-39H,2-6,8,10,13,17,24-25H2,1H3/t32-/m0/s1. The second-order valence-corrected chi connectivity index (χ2v) is 11.0. The van der Waals surface area contributed by atoms with Crippen molar-refractivity contribution in [3.63, 3.8) is 0 Å². The summed E-state index contributed by atoms with van der Waals surface area (Å²) in [6.45, 7) is 0.360. The van der Waals surface area contributed by atoms with Crippen LogP contribution in [0.5, 0.6) is 23.0 Å². The van der Waals surface area contributed by atoms with E-state index < -0.39 is 6.10 Å². The van der Waals surface area contributed by atoms with Gasteiger partial charge in [-0.25, -0.2) is 0 Å². The smallest absolute Gasteiger partial charge is 0.161 e. The molecule has 0 spiro atoms. The summed E-state index contributed by atoms with van der Waals surface area (Å²) in [7, 11) is 1.60. The normalized spacial score (nSPS) is 11.9. The van der Waals surface area contributed by atoms with Crippen LogP contribution in [0.1, 0.15) is 68.1 Å². The minimum Gasteiger partial charge on any atom is -0.508 e. The van der Waals surface area contributed by atoms with E-state index in [0.717, 1.165) is 66.0 Å². The molecule has 0 aromatic heterocycles. The zero-order chi connectivity index (χ0) is 29.7.